The molecule has 0 saturated heterocycles. The van der Waals surface area contributed by atoms with Crippen molar-refractivity contribution in [3.63, 3.8) is 0 Å². The van der Waals surface area contributed by atoms with E-state index in [9.17, 15) is 18.0 Å². The van der Waals surface area contributed by atoms with Gasteiger partial charge in [-0.1, -0.05) is 42.5 Å². The Hall–Kier alpha value is -2.71. The normalized spacial score (nSPS) is 12.4. The summed E-state index contributed by atoms with van der Waals surface area (Å²) in [5.41, 5.74) is 0.896. The third-order valence-corrected chi connectivity index (χ3v) is 5.57. The van der Waals surface area contributed by atoms with Crippen LogP contribution in [0.1, 0.15) is 42.6 Å². The number of esters is 2. The van der Waals surface area contributed by atoms with Crippen LogP contribution in [0.15, 0.2) is 59.5 Å². The van der Waals surface area contributed by atoms with Crippen LogP contribution in [0, 0.1) is 0 Å². The number of benzene rings is 2. The van der Waals surface area contributed by atoms with Crippen molar-refractivity contribution in [1.82, 2.24) is 0 Å². The van der Waals surface area contributed by atoms with E-state index in [0.29, 0.717) is 12.8 Å². The van der Waals surface area contributed by atoms with Crippen molar-refractivity contribution in [2.24, 2.45) is 0 Å². The predicted molar refractivity (Wildman–Crippen MR) is 110 cm³/mol. The number of rotatable bonds is 10. The summed E-state index contributed by atoms with van der Waals surface area (Å²) in [6, 6.07) is 15.1. The molecule has 0 saturated carbocycles. The van der Waals surface area contributed by atoms with E-state index in [2.05, 4.69) is 4.74 Å². The van der Waals surface area contributed by atoms with Crippen molar-refractivity contribution >= 4 is 22.1 Å². The lowest BCUT2D eigenvalue weighted by Gasteiger charge is -2.19. The third-order valence-electron chi connectivity index (χ3n) is 4.19. The maximum absolute atomic E-state index is 12.9. The molecule has 0 spiro atoms. The number of hydrogen-bond donors (Lipinski definition) is 0. The van der Waals surface area contributed by atoms with Crippen LogP contribution in [0.4, 0.5) is 0 Å². The van der Waals surface area contributed by atoms with Crippen LogP contribution < -0.4 is 0 Å². The van der Waals surface area contributed by atoms with Crippen molar-refractivity contribution in [2.45, 2.75) is 50.2 Å². The zero-order valence-corrected chi connectivity index (χ0v) is 18.1. The Morgan fingerprint density at radius 2 is 1.60 bits per heavy atom. The van der Waals surface area contributed by atoms with E-state index in [0.717, 1.165) is 12.7 Å². The first kappa shape index (κ1) is 23.6. The Morgan fingerprint density at radius 1 is 0.967 bits per heavy atom. The smallest absolute Gasteiger partial charge is 0.339 e. The predicted octanol–water partition coefficient (Wildman–Crippen LogP) is 3.52. The van der Waals surface area contributed by atoms with Crippen LogP contribution in [-0.2, 0) is 35.0 Å². The molecule has 0 fully saturated rings. The van der Waals surface area contributed by atoms with Crippen LogP contribution in [0.3, 0.4) is 0 Å². The molecule has 0 radical (unpaired) electrons. The lowest BCUT2D eigenvalue weighted by atomic mass is 10.1. The van der Waals surface area contributed by atoms with Crippen LogP contribution in [-0.4, -0.2) is 39.7 Å². The van der Waals surface area contributed by atoms with Crippen LogP contribution in [0.5, 0.6) is 0 Å². The van der Waals surface area contributed by atoms with Crippen LogP contribution >= 0.6 is 0 Å². The zero-order chi connectivity index (χ0) is 22.1. The lowest BCUT2D eigenvalue weighted by Crippen LogP contribution is -2.31. The molecule has 8 heteroatoms. The molecule has 30 heavy (non-hydrogen) atoms. The molecule has 1 atom stereocenters. The molecule has 0 aliphatic carbocycles. The molecule has 7 nitrogen and oxygen atoms in total. The molecular formula is C22H26O7S. The van der Waals surface area contributed by atoms with Gasteiger partial charge >= 0.3 is 11.9 Å². The quantitative estimate of drug-likeness (QED) is 0.417. The van der Waals surface area contributed by atoms with Crippen molar-refractivity contribution in [2.75, 3.05) is 7.11 Å². The van der Waals surface area contributed by atoms with E-state index >= 15 is 0 Å². The van der Waals surface area contributed by atoms with E-state index in [-0.39, 0.29) is 16.9 Å². The summed E-state index contributed by atoms with van der Waals surface area (Å²) in [5, 5.41) is 0. The van der Waals surface area contributed by atoms with Crippen molar-refractivity contribution in [3.8, 4) is 0 Å². The minimum atomic E-state index is -4.42. The molecule has 2 aromatic rings. The summed E-state index contributed by atoms with van der Waals surface area (Å²) in [7, 11) is -3.27. The Bertz CT molecular complexity index is 952. The lowest BCUT2D eigenvalue weighted by molar-refractivity contribution is -0.156. The number of carbonyl (C=O) groups excluding carboxylic acids is 2. The van der Waals surface area contributed by atoms with E-state index in [1.54, 1.807) is 13.8 Å². The molecule has 2 rings (SSSR count). The Balaban J connectivity index is 2.21. The third kappa shape index (κ3) is 6.67. The Kier molecular flexibility index (Phi) is 8.56. The van der Waals surface area contributed by atoms with Gasteiger partial charge in [-0.3, -0.25) is 4.18 Å². The summed E-state index contributed by atoms with van der Waals surface area (Å²) < 4.78 is 40.8. The highest BCUT2D eigenvalue weighted by molar-refractivity contribution is 7.86. The fourth-order valence-electron chi connectivity index (χ4n) is 2.82. The van der Waals surface area contributed by atoms with Gasteiger partial charge in [-0.15, -0.1) is 0 Å². The van der Waals surface area contributed by atoms with Crippen LogP contribution in [0.25, 0.3) is 0 Å². The standard InChI is InChI=1S/C22H26O7S/c1-16(2)28-22(24)19(14-9-12-17-10-5-4-6-11-17)29-30(25,26)20-15-8-7-13-18(20)21(23)27-3/h4-8,10-11,13,15-16,19H,9,12,14H2,1-3H3/t19-/m1/s1. The van der Waals surface area contributed by atoms with Gasteiger partial charge in [-0.2, -0.15) is 8.42 Å². The zero-order valence-electron chi connectivity index (χ0n) is 17.2. The molecule has 162 valence electrons. The second-order valence-corrected chi connectivity index (χ2v) is 8.43. The minimum absolute atomic E-state index is 0.139. The molecule has 0 bridgehead atoms. The highest BCUT2D eigenvalue weighted by Crippen LogP contribution is 2.22. The summed E-state index contributed by atoms with van der Waals surface area (Å²) in [6.07, 6.45) is -0.459. The molecule has 0 aliphatic heterocycles. The average molecular weight is 435 g/mol. The topological polar surface area (TPSA) is 96.0 Å². The second kappa shape index (κ2) is 10.9. The van der Waals surface area contributed by atoms with E-state index in [1.165, 1.54) is 24.3 Å². The molecule has 2 aromatic carbocycles. The van der Waals surface area contributed by atoms with Gasteiger partial charge in [0.05, 0.1) is 18.8 Å². The van der Waals surface area contributed by atoms with Crippen LogP contribution in [0.2, 0.25) is 0 Å². The average Bonchev–Trinajstić information content (AvgIpc) is 2.72. The largest absolute Gasteiger partial charge is 0.465 e. The van der Waals surface area contributed by atoms with Gasteiger partial charge in [0.15, 0.2) is 6.10 Å². The first-order valence-corrected chi connectivity index (χ1v) is 11.0. The maximum atomic E-state index is 12.9. The van der Waals surface area contributed by atoms with Crippen molar-refractivity contribution in [1.29, 1.82) is 0 Å². The molecule has 0 unspecified atom stereocenters. The second-order valence-electron chi connectivity index (χ2n) is 6.89. The van der Waals surface area contributed by atoms with Gasteiger partial charge in [0, 0.05) is 0 Å². The first-order valence-electron chi connectivity index (χ1n) is 9.59. The number of ether oxygens (including phenoxy) is 2. The molecule has 0 amide bonds. The van der Waals surface area contributed by atoms with E-state index in [1.807, 2.05) is 30.3 Å². The number of aryl methyl sites for hydroxylation is 1. The van der Waals surface area contributed by atoms with E-state index < -0.39 is 34.3 Å². The monoisotopic (exact) mass is 434 g/mol. The van der Waals surface area contributed by atoms with Gasteiger partial charge in [-0.05, 0) is 50.8 Å². The molecule has 0 aliphatic rings. The number of hydrogen-bond acceptors (Lipinski definition) is 7. The Labute approximate surface area is 177 Å². The molecule has 0 N–H and O–H groups in total. The van der Waals surface area contributed by atoms with Gasteiger partial charge in [-0.25, -0.2) is 9.59 Å². The van der Waals surface area contributed by atoms with Gasteiger partial charge in [0.25, 0.3) is 10.1 Å². The number of methoxy groups -OCH3 is 1. The first-order chi connectivity index (χ1) is 14.2. The SMILES string of the molecule is COC(=O)c1ccccc1S(=O)(=O)O[C@H](CCCc1ccccc1)C(=O)OC(C)C. The molecule has 0 aromatic heterocycles. The van der Waals surface area contributed by atoms with E-state index in [4.69, 9.17) is 8.92 Å². The summed E-state index contributed by atoms with van der Waals surface area (Å²) in [4.78, 5) is 24.1. The fraction of sp³-hybridized carbons (Fsp3) is 0.364. The summed E-state index contributed by atoms with van der Waals surface area (Å²) in [5.74, 6) is -1.58. The maximum Gasteiger partial charge on any atom is 0.339 e. The highest BCUT2D eigenvalue weighted by Gasteiger charge is 2.31. The minimum Gasteiger partial charge on any atom is -0.465 e. The Morgan fingerprint density at radius 3 is 2.23 bits per heavy atom. The molecular weight excluding hydrogens is 408 g/mol. The van der Waals surface area contributed by atoms with Gasteiger partial charge < -0.3 is 9.47 Å². The summed E-state index contributed by atoms with van der Waals surface area (Å²) >= 11 is 0. The van der Waals surface area contributed by atoms with Gasteiger partial charge in [0.1, 0.15) is 4.90 Å². The fourth-order valence-corrected chi connectivity index (χ4v) is 4.07. The molecule has 0 heterocycles. The van der Waals surface area contributed by atoms with Gasteiger partial charge in [0.2, 0.25) is 0 Å². The van der Waals surface area contributed by atoms with Crippen molar-refractivity contribution in [3.05, 3.63) is 65.7 Å². The highest BCUT2D eigenvalue weighted by atomic mass is 32.2. The summed E-state index contributed by atoms with van der Waals surface area (Å²) in [6.45, 7) is 3.33. The number of carbonyl (C=O) groups is 2. The van der Waals surface area contributed by atoms with Crippen molar-refractivity contribution < 1.29 is 31.7 Å².